The second-order valence-corrected chi connectivity index (χ2v) is 4.06. The van der Waals surface area contributed by atoms with E-state index in [1.807, 2.05) is 0 Å². The van der Waals surface area contributed by atoms with E-state index >= 15 is 0 Å². The molecule has 0 unspecified atom stereocenters. The Hall–Kier alpha value is -2.10. The van der Waals surface area contributed by atoms with Gasteiger partial charge in [0.05, 0.1) is 5.69 Å². The molecule has 0 spiro atoms. The van der Waals surface area contributed by atoms with E-state index in [0.717, 1.165) is 12.1 Å². The normalized spacial score (nSPS) is 10.4. The zero-order chi connectivity index (χ0) is 13.1. The summed E-state index contributed by atoms with van der Waals surface area (Å²) in [6.45, 7) is 1.73. The first-order chi connectivity index (χ1) is 8.58. The Bertz CT molecular complexity index is 570. The second kappa shape index (κ2) is 5.04. The molecule has 94 valence electrons. The molecule has 0 radical (unpaired) electrons. The summed E-state index contributed by atoms with van der Waals surface area (Å²) in [4.78, 5) is 0. The lowest BCUT2D eigenvalue weighted by molar-refractivity contribution is 0.469. The minimum absolute atomic E-state index is 0.0846. The molecular weight excluding hydrogens is 236 g/mol. The summed E-state index contributed by atoms with van der Waals surface area (Å²) in [5, 5.41) is 12.3. The number of halogens is 2. The Balaban J connectivity index is 2.16. The molecule has 0 bridgehead atoms. The average molecular weight is 249 g/mol. The molecule has 4 heteroatoms. The number of hydrogen-bond acceptors (Lipinski definition) is 2. The van der Waals surface area contributed by atoms with E-state index in [9.17, 15) is 13.9 Å². The molecule has 2 aromatic carbocycles. The predicted molar refractivity (Wildman–Crippen MR) is 66.5 cm³/mol. The van der Waals surface area contributed by atoms with Gasteiger partial charge < -0.3 is 10.4 Å². The lowest BCUT2D eigenvalue weighted by atomic mass is 10.1. The van der Waals surface area contributed by atoms with Gasteiger partial charge in [-0.1, -0.05) is 18.2 Å². The Morgan fingerprint density at radius 1 is 1.11 bits per heavy atom. The highest BCUT2D eigenvalue weighted by Gasteiger charge is 2.07. The molecule has 0 atom stereocenters. The first-order valence-corrected chi connectivity index (χ1v) is 5.54. The van der Waals surface area contributed by atoms with Gasteiger partial charge in [-0.2, -0.15) is 0 Å². The van der Waals surface area contributed by atoms with Crippen LogP contribution in [0.5, 0.6) is 5.75 Å². The van der Waals surface area contributed by atoms with E-state index in [-0.39, 0.29) is 23.5 Å². The van der Waals surface area contributed by atoms with Crippen LogP contribution in [0.15, 0.2) is 36.4 Å². The Morgan fingerprint density at radius 3 is 2.56 bits per heavy atom. The molecule has 0 aliphatic carbocycles. The molecule has 0 saturated heterocycles. The van der Waals surface area contributed by atoms with Gasteiger partial charge in [-0.3, -0.25) is 0 Å². The number of hydrogen-bond donors (Lipinski definition) is 2. The lowest BCUT2D eigenvalue weighted by Crippen LogP contribution is -2.03. The minimum atomic E-state index is -0.510. The monoisotopic (exact) mass is 249 g/mol. The van der Waals surface area contributed by atoms with Crippen molar-refractivity contribution in [1.82, 2.24) is 0 Å². The number of benzene rings is 2. The molecule has 2 aromatic rings. The number of aryl methyl sites for hydroxylation is 1. The molecule has 0 saturated carbocycles. The van der Waals surface area contributed by atoms with Gasteiger partial charge in [-0.05, 0) is 24.6 Å². The standard InChI is InChI=1S/C14H13F2NO/c1-9-6-12(16)13(7-11(9)15)17-8-10-4-2-3-5-14(10)18/h2-7,17-18H,8H2,1H3. The third kappa shape index (κ3) is 2.59. The van der Waals surface area contributed by atoms with Gasteiger partial charge in [-0.15, -0.1) is 0 Å². The molecular formula is C14H13F2NO. The fourth-order valence-electron chi connectivity index (χ4n) is 1.63. The van der Waals surface area contributed by atoms with E-state index in [4.69, 9.17) is 0 Å². The zero-order valence-corrected chi connectivity index (χ0v) is 9.87. The Labute approximate surface area is 104 Å². The van der Waals surface area contributed by atoms with Crippen LogP contribution in [0.1, 0.15) is 11.1 Å². The van der Waals surface area contributed by atoms with Crippen molar-refractivity contribution in [2.45, 2.75) is 13.5 Å². The summed E-state index contributed by atoms with van der Waals surface area (Å²) in [5.74, 6) is -0.849. The molecule has 0 aliphatic rings. The van der Waals surface area contributed by atoms with Crippen molar-refractivity contribution < 1.29 is 13.9 Å². The van der Waals surface area contributed by atoms with Gasteiger partial charge in [0.1, 0.15) is 17.4 Å². The van der Waals surface area contributed by atoms with Crippen molar-refractivity contribution in [3.05, 3.63) is 59.2 Å². The van der Waals surface area contributed by atoms with Crippen molar-refractivity contribution in [3.63, 3.8) is 0 Å². The average Bonchev–Trinajstić information content (AvgIpc) is 2.34. The molecule has 0 aliphatic heterocycles. The van der Waals surface area contributed by atoms with Crippen LogP contribution in [0.3, 0.4) is 0 Å². The maximum absolute atomic E-state index is 13.5. The van der Waals surface area contributed by atoms with Crippen LogP contribution in [-0.2, 0) is 6.54 Å². The molecule has 2 N–H and O–H groups in total. The number of aromatic hydroxyl groups is 1. The third-order valence-corrected chi connectivity index (χ3v) is 2.71. The summed E-state index contributed by atoms with van der Waals surface area (Å²) >= 11 is 0. The van der Waals surface area contributed by atoms with E-state index in [0.29, 0.717) is 5.56 Å². The Kier molecular flexibility index (Phi) is 3.46. The first kappa shape index (κ1) is 12.4. The second-order valence-electron chi connectivity index (χ2n) is 4.06. The number of rotatable bonds is 3. The van der Waals surface area contributed by atoms with Crippen LogP contribution in [0.2, 0.25) is 0 Å². The topological polar surface area (TPSA) is 32.3 Å². The molecule has 0 amide bonds. The van der Waals surface area contributed by atoms with Gasteiger partial charge in [0.15, 0.2) is 0 Å². The van der Waals surface area contributed by atoms with Gasteiger partial charge >= 0.3 is 0 Å². The fourth-order valence-corrected chi connectivity index (χ4v) is 1.63. The van der Waals surface area contributed by atoms with Crippen molar-refractivity contribution in [1.29, 1.82) is 0 Å². The van der Waals surface area contributed by atoms with E-state index < -0.39 is 11.6 Å². The van der Waals surface area contributed by atoms with Crippen molar-refractivity contribution in [2.75, 3.05) is 5.32 Å². The van der Waals surface area contributed by atoms with E-state index in [2.05, 4.69) is 5.32 Å². The van der Waals surface area contributed by atoms with Crippen molar-refractivity contribution >= 4 is 5.69 Å². The highest BCUT2D eigenvalue weighted by atomic mass is 19.1. The van der Waals surface area contributed by atoms with Crippen LogP contribution < -0.4 is 5.32 Å². The highest BCUT2D eigenvalue weighted by molar-refractivity contribution is 5.48. The molecule has 2 rings (SSSR count). The number of anilines is 1. The summed E-state index contributed by atoms with van der Waals surface area (Å²) in [6, 6.07) is 8.98. The summed E-state index contributed by atoms with van der Waals surface area (Å²) in [7, 11) is 0. The van der Waals surface area contributed by atoms with Gasteiger partial charge in [0, 0.05) is 18.2 Å². The molecule has 0 fully saturated rings. The number of phenolic OH excluding ortho intramolecular Hbond substituents is 1. The zero-order valence-electron chi connectivity index (χ0n) is 9.87. The number of nitrogens with one attached hydrogen (secondary N) is 1. The predicted octanol–water partition coefficient (Wildman–Crippen LogP) is 3.59. The fraction of sp³-hybridized carbons (Fsp3) is 0.143. The van der Waals surface area contributed by atoms with Crippen molar-refractivity contribution in [2.24, 2.45) is 0 Å². The Morgan fingerprint density at radius 2 is 1.83 bits per heavy atom. The molecule has 18 heavy (non-hydrogen) atoms. The number of phenols is 1. The van der Waals surface area contributed by atoms with Gasteiger partial charge in [0.25, 0.3) is 0 Å². The maximum Gasteiger partial charge on any atom is 0.146 e. The minimum Gasteiger partial charge on any atom is -0.508 e. The van der Waals surface area contributed by atoms with Gasteiger partial charge in [0.2, 0.25) is 0 Å². The van der Waals surface area contributed by atoms with Crippen LogP contribution in [0.25, 0.3) is 0 Å². The van der Waals surface area contributed by atoms with Crippen LogP contribution in [0.4, 0.5) is 14.5 Å². The van der Waals surface area contributed by atoms with Crippen LogP contribution in [0, 0.1) is 18.6 Å². The summed E-state index contributed by atoms with van der Waals surface area (Å²) < 4.78 is 26.9. The smallest absolute Gasteiger partial charge is 0.146 e. The maximum atomic E-state index is 13.5. The molecule has 0 aromatic heterocycles. The van der Waals surface area contributed by atoms with E-state index in [1.165, 1.54) is 6.92 Å². The van der Waals surface area contributed by atoms with Crippen LogP contribution >= 0.6 is 0 Å². The lowest BCUT2D eigenvalue weighted by Gasteiger charge is -2.10. The largest absolute Gasteiger partial charge is 0.508 e. The first-order valence-electron chi connectivity index (χ1n) is 5.54. The van der Waals surface area contributed by atoms with Crippen molar-refractivity contribution in [3.8, 4) is 5.75 Å². The molecule has 2 nitrogen and oxygen atoms in total. The SMILES string of the molecule is Cc1cc(F)c(NCc2ccccc2O)cc1F. The molecule has 0 heterocycles. The summed E-state index contributed by atoms with van der Waals surface area (Å²) in [5.41, 5.74) is 0.972. The van der Waals surface area contributed by atoms with Crippen LogP contribution in [-0.4, -0.2) is 5.11 Å². The van der Waals surface area contributed by atoms with E-state index in [1.54, 1.807) is 24.3 Å². The number of para-hydroxylation sites is 1. The summed E-state index contributed by atoms with van der Waals surface area (Å²) in [6.07, 6.45) is 0. The highest BCUT2D eigenvalue weighted by Crippen LogP contribution is 2.21. The quantitative estimate of drug-likeness (QED) is 0.871. The third-order valence-electron chi connectivity index (χ3n) is 2.71. The van der Waals surface area contributed by atoms with Gasteiger partial charge in [-0.25, -0.2) is 8.78 Å².